The number of aryl methyl sites for hydroxylation is 1. The molecule has 2 aromatic carbocycles. The number of hydrogen-bond acceptors (Lipinski definition) is 5. The number of carbonyl (C=O) groups is 1. The van der Waals surface area contributed by atoms with Crippen LogP contribution in [0.3, 0.4) is 0 Å². The van der Waals surface area contributed by atoms with Crippen molar-refractivity contribution < 1.29 is 23.1 Å². The summed E-state index contributed by atoms with van der Waals surface area (Å²) in [7, 11) is -3.72. The number of anilines is 1. The Morgan fingerprint density at radius 2 is 2.00 bits per heavy atom. The number of fused-ring (bicyclic) bond motifs is 1. The average molecular weight is 405 g/mol. The van der Waals surface area contributed by atoms with Gasteiger partial charge >= 0.3 is 5.97 Å². The number of aliphatic carboxylic acids is 1. The minimum atomic E-state index is -3.72. The van der Waals surface area contributed by atoms with Crippen LogP contribution >= 0.6 is 11.3 Å². The summed E-state index contributed by atoms with van der Waals surface area (Å²) >= 11 is 1.60. The molecule has 0 unspecified atom stereocenters. The zero-order valence-corrected chi connectivity index (χ0v) is 16.3. The van der Waals surface area contributed by atoms with Crippen LogP contribution in [0.4, 0.5) is 5.69 Å². The third kappa shape index (κ3) is 4.78. The van der Waals surface area contributed by atoms with Gasteiger partial charge in [0.15, 0.2) is 0 Å². The minimum absolute atomic E-state index is 0.0317. The Morgan fingerprint density at radius 1 is 1.19 bits per heavy atom. The normalized spacial score (nSPS) is 11.4. The van der Waals surface area contributed by atoms with E-state index in [-0.39, 0.29) is 17.9 Å². The molecule has 27 heavy (non-hydrogen) atoms. The van der Waals surface area contributed by atoms with Crippen molar-refractivity contribution in [2.45, 2.75) is 24.7 Å². The zero-order valence-electron chi connectivity index (χ0n) is 14.6. The van der Waals surface area contributed by atoms with Crippen LogP contribution < -0.4 is 9.46 Å². The molecule has 3 rings (SSSR count). The Labute approximate surface area is 161 Å². The number of sulfonamides is 1. The van der Waals surface area contributed by atoms with Crippen LogP contribution in [0.2, 0.25) is 0 Å². The van der Waals surface area contributed by atoms with Gasteiger partial charge in [0.2, 0.25) is 0 Å². The Balaban J connectivity index is 1.72. The maximum atomic E-state index is 12.7. The lowest BCUT2D eigenvalue weighted by Gasteiger charge is -2.12. The molecule has 0 aliphatic carbocycles. The fourth-order valence-corrected chi connectivity index (χ4v) is 4.51. The second-order valence-corrected chi connectivity index (χ2v) is 8.68. The van der Waals surface area contributed by atoms with E-state index in [9.17, 15) is 13.2 Å². The summed E-state index contributed by atoms with van der Waals surface area (Å²) in [5.74, 6) is -0.331. The first-order chi connectivity index (χ1) is 12.8. The number of rotatable bonds is 8. The van der Waals surface area contributed by atoms with E-state index in [1.54, 1.807) is 36.5 Å². The Kier molecular flexibility index (Phi) is 5.67. The van der Waals surface area contributed by atoms with E-state index in [4.69, 9.17) is 9.84 Å². The number of benzene rings is 2. The van der Waals surface area contributed by atoms with Crippen LogP contribution in [0.5, 0.6) is 5.75 Å². The largest absolute Gasteiger partial charge is 0.493 e. The second kappa shape index (κ2) is 7.98. The van der Waals surface area contributed by atoms with Gasteiger partial charge in [0.1, 0.15) is 5.75 Å². The van der Waals surface area contributed by atoms with Gasteiger partial charge in [-0.25, -0.2) is 8.42 Å². The van der Waals surface area contributed by atoms with E-state index in [1.807, 2.05) is 17.5 Å². The summed E-state index contributed by atoms with van der Waals surface area (Å²) < 4.78 is 34.5. The Bertz CT molecular complexity index is 1070. The Hall–Kier alpha value is -2.58. The van der Waals surface area contributed by atoms with Crippen LogP contribution in [-0.2, 0) is 14.8 Å². The number of carboxylic acid groups (broad SMARTS) is 1. The number of thiophene rings is 1. The first kappa shape index (κ1) is 19.2. The van der Waals surface area contributed by atoms with Gasteiger partial charge in [-0.15, -0.1) is 11.3 Å². The molecule has 0 bridgehead atoms. The molecule has 0 aliphatic heterocycles. The van der Waals surface area contributed by atoms with E-state index in [0.29, 0.717) is 23.4 Å². The van der Waals surface area contributed by atoms with Gasteiger partial charge in [-0.1, -0.05) is 0 Å². The standard InChI is InChI=1S/C19H19NO5S2/c1-13-11-16(5-6-17(13)25-9-2-3-19(21)22)27(23,24)20-15-4-7-18-14(12-15)8-10-26-18/h4-8,10-12,20H,2-3,9H2,1H3,(H,21,22). The van der Waals surface area contributed by atoms with E-state index >= 15 is 0 Å². The lowest BCUT2D eigenvalue weighted by atomic mass is 10.2. The minimum Gasteiger partial charge on any atom is -0.493 e. The van der Waals surface area contributed by atoms with Gasteiger partial charge in [0.05, 0.1) is 11.5 Å². The predicted molar refractivity (Wildman–Crippen MR) is 106 cm³/mol. The highest BCUT2D eigenvalue weighted by atomic mass is 32.2. The summed E-state index contributed by atoms with van der Waals surface area (Å²) in [6, 6.07) is 12.0. The van der Waals surface area contributed by atoms with Gasteiger partial charge < -0.3 is 9.84 Å². The molecule has 0 fully saturated rings. The predicted octanol–water partition coefficient (Wildman–Crippen LogP) is 4.25. The molecule has 0 saturated heterocycles. The molecule has 0 atom stereocenters. The topological polar surface area (TPSA) is 92.7 Å². The van der Waals surface area contributed by atoms with Crippen molar-refractivity contribution in [2.75, 3.05) is 11.3 Å². The second-order valence-electron chi connectivity index (χ2n) is 6.05. The highest BCUT2D eigenvalue weighted by molar-refractivity contribution is 7.92. The van der Waals surface area contributed by atoms with Gasteiger partial charge in [-0.2, -0.15) is 0 Å². The third-order valence-electron chi connectivity index (χ3n) is 3.95. The smallest absolute Gasteiger partial charge is 0.303 e. The first-order valence-corrected chi connectivity index (χ1v) is 10.7. The van der Waals surface area contributed by atoms with Crippen molar-refractivity contribution in [2.24, 2.45) is 0 Å². The molecule has 3 aromatic rings. The molecule has 0 spiro atoms. The Morgan fingerprint density at radius 3 is 2.74 bits per heavy atom. The molecule has 142 valence electrons. The van der Waals surface area contributed by atoms with Gasteiger partial charge in [-0.3, -0.25) is 9.52 Å². The van der Waals surface area contributed by atoms with Crippen molar-refractivity contribution in [1.82, 2.24) is 0 Å². The number of ether oxygens (including phenoxy) is 1. The van der Waals surface area contributed by atoms with Crippen molar-refractivity contribution in [3.63, 3.8) is 0 Å². The van der Waals surface area contributed by atoms with Crippen LogP contribution in [-0.4, -0.2) is 26.1 Å². The van der Waals surface area contributed by atoms with E-state index in [2.05, 4.69) is 4.72 Å². The first-order valence-electron chi connectivity index (χ1n) is 8.30. The lowest BCUT2D eigenvalue weighted by Crippen LogP contribution is -2.13. The molecular weight excluding hydrogens is 386 g/mol. The molecule has 0 radical (unpaired) electrons. The van der Waals surface area contributed by atoms with Gasteiger partial charge in [0.25, 0.3) is 10.0 Å². The zero-order chi connectivity index (χ0) is 19.4. The van der Waals surface area contributed by atoms with Crippen molar-refractivity contribution in [3.8, 4) is 5.75 Å². The maximum Gasteiger partial charge on any atom is 0.303 e. The molecule has 1 heterocycles. The summed E-state index contributed by atoms with van der Waals surface area (Å²) in [4.78, 5) is 10.7. The molecule has 6 nitrogen and oxygen atoms in total. The number of carboxylic acids is 1. The summed E-state index contributed by atoms with van der Waals surface area (Å²) in [6.45, 7) is 2.01. The maximum absolute atomic E-state index is 12.7. The SMILES string of the molecule is Cc1cc(S(=O)(=O)Nc2ccc3sccc3c2)ccc1OCCCC(=O)O. The van der Waals surface area contributed by atoms with Gasteiger partial charge in [-0.05, 0) is 72.1 Å². The van der Waals surface area contributed by atoms with Crippen LogP contribution in [0.25, 0.3) is 10.1 Å². The molecular formula is C19H19NO5S2. The van der Waals surface area contributed by atoms with Gasteiger partial charge in [0, 0.05) is 16.8 Å². The lowest BCUT2D eigenvalue weighted by molar-refractivity contribution is -0.137. The van der Waals surface area contributed by atoms with Crippen molar-refractivity contribution in [3.05, 3.63) is 53.4 Å². The van der Waals surface area contributed by atoms with E-state index < -0.39 is 16.0 Å². The third-order valence-corrected chi connectivity index (χ3v) is 6.23. The number of nitrogens with one attached hydrogen (secondary N) is 1. The molecule has 0 amide bonds. The average Bonchev–Trinajstić information content (AvgIpc) is 3.07. The van der Waals surface area contributed by atoms with Crippen LogP contribution in [0.15, 0.2) is 52.7 Å². The van der Waals surface area contributed by atoms with E-state index in [1.165, 1.54) is 12.1 Å². The molecule has 2 N–H and O–H groups in total. The molecule has 1 aromatic heterocycles. The van der Waals surface area contributed by atoms with Crippen molar-refractivity contribution >= 4 is 43.1 Å². The highest BCUT2D eigenvalue weighted by Gasteiger charge is 2.16. The summed E-state index contributed by atoms with van der Waals surface area (Å²) in [5, 5.41) is 11.6. The fraction of sp³-hybridized carbons (Fsp3) is 0.211. The monoisotopic (exact) mass is 405 g/mol. The quantitative estimate of drug-likeness (QED) is 0.547. The molecule has 0 saturated carbocycles. The summed E-state index contributed by atoms with van der Waals surface area (Å²) in [6.07, 6.45) is 0.422. The van der Waals surface area contributed by atoms with E-state index in [0.717, 1.165) is 10.1 Å². The summed E-state index contributed by atoms with van der Waals surface area (Å²) in [5.41, 5.74) is 1.18. The molecule has 0 aliphatic rings. The van der Waals surface area contributed by atoms with Crippen LogP contribution in [0, 0.1) is 6.92 Å². The molecule has 8 heteroatoms. The van der Waals surface area contributed by atoms with Crippen LogP contribution in [0.1, 0.15) is 18.4 Å². The highest BCUT2D eigenvalue weighted by Crippen LogP contribution is 2.27. The number of hydrogen-bond donors (Lipinski definition) is 2. The van der Waals surface area contributed by atoms with Crippen molar-refractivity contribution in [1.29, 1.82) is 0 Å². The fourth-order valence-electron chi connectivity index (χ4n) is 2.60.